The van der Waals surface area contributed by atoms with Crippen molar-refractivity contribution in [2.75, 3.05) is 0 Å². The van der Waals surface area contributed by atoms with Crippen LogP contribution in [0.4, 0.5) is 0 Å². The Bertz CT molecular complexity index is 2480. The van der Waals surface area contributed by atoms with Crippen LogP contribution in [0.15, 0.2) is 114 Å². The Hall–Kier alpha value is -5.48. The first-order valence-corrected chi connectivity index (χ1v) is 16.4. The molecule has 7 aromatic rings. The van der Waals surface area contributed by atoms with Crippen LogP contribution in [0.25, 0.3) is 73.0 Å². The van der Waals surface area contributed by atoms with Crippen molar-refractivity contribution in [3.63, 3.8) is 0 Å². The normalized spacial score (nSPS) is 14.3. The largest absolute Gasteiger partial charge is 0.454 e. The summed E-state index contributed by atoms with van der Waals surface area (Å²) in [6.45, 7) is 12.9. The topological polar surface area (TPSA) is 43.9 Å². The first kappa shape index (κ1) is 29.0. The maximum absolute atomic E-state index is 6.51. The number of rotatable bonds is 5. The zero-order valence-electron chi connectivity index (χ0n) is 27.7. The molecule has 1 aliphatic rings. The van der Waals surface area contributed by atoms with Crippen molar-refractivity contribution in [3.05, 3.63) is 137 Å². The van der Waals surface area contributed by atoms with Crippen molar-refractivity contribution < 1.29 is 4.42 Å². The number of benzene rings is 4. The summed E-state index contributed by atoms with van der Waals surface area (Å²) < 4.78 is 8.93. The van der Waals surface area contributed by atoms with E-state index in [0.717, 1.165) is 66.9 Å². The first-order chi connectivity index (χ1) is 22.8. The van der Waals surface area contributed by atoms with E-state index in [0.29, 0.717) is 0 Å². The van der Waals surface area contributed by atoms with E-state index in [1.165, 1.54) is 27.9 Å². The minimum atomic E-state index is -0.248. The minimum absolute atomic E-state index is 0.248. The van der Waals surface area contributed by atoms with Crippen molar-refractivity contribution in [1.29, 1.82) is 0 Å². The number of allylic oxidation sites excluding steroid dienone is 5. The molecule has 4 heteroatoms. The molecule has 0 saturated heterocycles. The summed E-state index contributed by atoms with van der Waals surface area (Å²) in [6, 6.07) is 30.4. The number of fused-ring (bicyclic) bond motifs is 7. The van der Waals surface area contributed by atoms with E-state index < -0.39 is 0 Å². The molecule has 8 rings (SSSR count). The Balaban J connectivity index is 1.36. The van der Waals surface area contributed by atoms with Crippen LogP contribution in [0, 0.1) is 6.92 Å². The molecule has 0 atom stereocenters. The van der Waals surface area contributed by atoms with Gasteiger partial charge in [-0.3, -0.25) is 0 Å². The number of hydrogen-bond acceptors (Lipinski definition) is 3. The molecule has 0 N–H and O–H groups in total. The maximum Gasteiger partial charge on any atom is 0.161 e. The first-order valence-electron chi connectivity index (χ1n) is 16.4. The number of nitrogens with zero attached hydrogens (tertiary/aromatic N) is 3. The van der Waals surface area contributed by atoms with Crippen LogP contribution < -0.4 is 0 Å². The molecule has 0 fully saturated rings. The summed E-state index contributed by atoms with van der Waals surface area (Å²) in [5.74, 6) is 0.726. The highest BCUT2D eigenvalue weighted by Crippen LogP contribution is 2.50. The van der Waals surface area contributed by atoms with Gasteiger partial charge in [-0.15, -0.1) is 0 Å². The molecule has 4 aromatic carbocycles. The molecule has 230 valence electrons. The summed E-state index contributed by atoms with van der Waals surface area (Å²) in [6.07, 6.45) is 10.5. The van der Waals surface area contributed by atoms with Gasteiger partial charge in [0.05, 0.1) is 16.9 Å². The van der Waals surface area contributed by atoms with Crippen LogP contribution in [-0.2, 0) is 5.41 Å². The lowest BCUT2D eigenvalue weighted by Crippen LogP contribution is -2.26. The van der Waals surface area contributed by atoms with Gasteiger partial charge in [0, 0.05) is 38.6 Å². The summed E-state index contributed by atoms with van der Waals surface area (Å²) in [5.41, 5.74) is 15.0. The van der Waals surface area contributed by atoms with E-state index in [-0.39, 0.29) is 5.41 Å². The number of hydrogen-bond donors (Lipinski definition) is 0. The van der Waals surface area contributed by atoms with E-state index in [4.69, 9.17) is 14.4 Å². The fraction of sp³-hybridized carbons (Fsp3) is 0.163. The van der Waals surface area contributed by atoms with Gasteiger partial charge in [-0.25, -0.2) is 9.97 Å². The summed E-state index contributed by atoms with van der Waals surface area (Å²) in [5, 5.41) is 2.28. The number of furan rings is 1. The van der Waals surface area contributed by atoms with Gasteiger partial charge >= 0.3 is 0 Å². The molecule has 0 bridgehead atoms. The number of para-hydroxylation sites is 2. The maximum atomic E-state index is 6.51. The average Bonchev–Trinajstić information content (AvgIpc) is 3.62. The van der Waals surface area contributed by atoms with E-state index in [1.54, 1.807) is 0 Å². The molecule has 0 radical (unpaired) electrons. The predicted octanol–water partition coefficient (Wildman–Crippen LogP) is 11.6. The van der Waals surface area contributed by atoms with E-state index in [9.17, 15) is 0 Å². The van der Waals surface area contributed by atoms with Gasteiger partial charge in [-0.05, 0) is 86.4 Å². The third-order valence-corrected chi connectivity index (χ3v) is 9.74. The lowest BCUT2D eigenvalue weighted by atomic mass is 9.74. The van der Waals surface area contributed by atoms with Crippen molar-refractivity contribution in [3.8, 4) is 28.3 Å². The Morgan fingerprint density at radius 3 is 2.38 bits per heavy atom. The van der Waals surface area contributed by atoms with Crippen LogP contribution in [0.1, 0.15) is 62.6 Å². The lowest BCUT2D eigenvalue weighted by Gasteiger charge is -2.35. The van der Waals surface area contributed by atoms with E-state index in [2.05, 4.69) is 142 Å². The molecule has 0 spiro atoms. The van der Waals surface area contributed by atoms with Gasteiger partial charge in [0.15, 0.2) is 11.4 Å². The Morgan fingerprint density at radius 2 is 1.57 bits per heavy atom. The molecule has 0 saturated carbocycles. The standard InChI is InChI=1S/C43H37N3O/c1-7-14-27(9-3)28-16-12-17-30(24-28)42-44-26(4)31(15-8-2)38(45-42)29-22-23-36-35(25-29)43(5,6)34-20-13-19-33-39(34)46(36)40-32-18-10-11-21-37(32)47-41(33)40/h7-25H,1-6H3/b14-7-,15-8-,27-9+. The molecule has 4 nitrogen and oxygen atoms in total. The fourth-order valence-corrected chi connectivity index (χ4v) is 7.46. The molecule has 0 aliphatic carbocycles. The van der Waals surface area contributed by atoms with Crippen LogP contribution in [0.2, 0.25) is 0 Å². The smallest absolute Gasteiger partial charge is 0.161 e. The van der Waals surface area contributed by atoms with Gasteiger partial charge < -0.3 is 8.98 Å². The molecule has 47 heavy (non-hydrogen) atoms. The van der Waals surface area contributed by atoms with Gasteiger partial charge in [-0.2, -0.15) is 0 Å². The van der Waals surface area contributed by atoms with Crippen molar-refractivity contribution in [2.45, 2.75) is 47.0 Å². The van der Waals surface area contributed by atoms with Gasteiger partial charge in [0.25, 0.3) is 0 Å². The van der Waals surface area contributed by atoms with Gasteiger partial charge in [-0.1, -0.05) is 92.8 Å². The average molecular weight is 612 g/mol. The molecule has 1 aliphatic heterocycles. The van der Waals surface area contributed by atoms with Crippen molar-refractivity contribution in [2.24, 2.45) is 0 Å². The monoisotopic (exact) mass is 611 g/mol. The quantitative estimate of drug-likeness (QED) is 0.182. The van der Waals surface area contributed by atoms with E-state index in [1.807, 2.05) is 19.9 Å². The molecule has 0 unspecified atom stereocenters. The molecular formula is C43H37N3O. The van der Waals surface area contributed by atoms with Gasteiger partial charge in [0.1, 0.15) is 11.1 Å². The van der Waals surface area contributed by atoms with E-state index >= 15 is 0 Å². The van der Waals surface area contributed by atoms with Crippen molar-refractivity contribution in [1.82, 2.24) is 14.5 Å². The fourth-order valence-electron chi connectivity index (χ4n) is 7.46. The second kappa shape index (κ2) is 10.8. The highest BCUT2D eigenvalue weighted by atomic mass is 16.3. The zero-order chi connectivity index (χ0) is 32.4. The summed E-state index contributed by atoms with van der Waals surface area (Å²) >= 11 is 0. The second-order valence-corrected chi connectivity index (χ2v) is 12.9. The van der Waals surface area contributed by atoms with Crippen LogP contribution in [0.5, 0.6) is 0 Å². The highest BCUT2D eigenvalue weighted by Gasteiger charge is 2.36. The summed E-state index contributed by atoms with van der Waals surface area (Å²) in [7, 11) is 0. The third kappa shape index (κ3) is 4.28. The minimum Gasteiger partial charge on any atom is -0.454 e. The zero-order valence-corrected chi connectivity index (χ0v) is 27.7. The lowest BCUT2D eigenvalue weighted by molar-refractivity contribution is 0.630. The highest BCUT2D eigenvalue weighted by molar-refractivity contribution is 6.17. The SMILES string of the molecule is C/C=C\C(=C/C)c1cccc(-c2nc(C)c(/C=C\C)c(-c3ccc4c(c3)C(C)(C)c3cccc5c6oc7ccccc7c6n-4c35)n2)c1. The summed E-state index contributed by atoms with van der Waals surface area (Å²) in [4.78, 5) is 10.3. The van der Waals surface area contributed by atoms with Crippen LogP contribution in [-0.4, -0.2) is 14.5 Å². The van der Waals surface area contributed by atoms with Crippen LogP contribution >= 0.6 is 0 Å². The molecule has 3 aromatic heterocycles. The third-order valence-electron chi connectivity index (χ3n) is 9.74. The van der Waals surface area contributed by atoms with Crippen molar-refractivity contribution >= 4 is 44.6 Å². The Morgan fingerprint density at radius 1 is 0.766 bits per heavy atom. The number of aryl methyl sites for hydroxylation is 1. The molecule has 4 heterocycles. The molecule has 0 amide bonds. The van der Waals surface area contributed by atoms with Crippen LogP contribution in [0.3, 0.4) is 0 Å². The molecular weight excluding hydrogens is 574 g/mol. The van der Waals surface area contributed by atoms with Gasteiger partial charge in [0.2, 0.25) is 0 Å². The second-order valence-electron chi connectivity index (χ2n) is 12.9. The Labute approximate surface area is 275 Å². The number of aromatic nitrogens is 3. The Kier molecular flexibility index (Phi) is 6.66. The predicted molar refractivity (Wildman–Crippen MR) is 197 cm³/mol.